The molecular weight excluding hydrogens is 192 g/mol. The predicted octanol–water partition coefficient (Wildman–Crippen LogP) is 1.15. The summed E-state index contributed by atoms with van der Waals surface area (Å²) in [6, 6.07) is 7.81. The van der Waals surface area contributed by atoms with Gasteiger partial charge in [-0.15, -0.1) is 0 Å². The summed E-state index contributed by atoms with van der Waals surface area (Å²) in [6.07, 6.45) is 0.867. The van der Waals surface area contributed by atoms with E-state index in [-0.39, 0.29) is 18.6 Å². The van der Waals surface area contributed by atoms with Crippen molar-refractivity contribution in [1.82, 2.24) is 0 Å². The van der Waals surface area contributed by atoms with Crippen molar-refractivity contribution in [3.8, 4) is 5.75 Å². The second kappa shape index (κ2) is 3.83. The Balaban J connectivity index is 2.12. The molecule has 1 aromatic carbocycles. The highest BCUT2D eigenvalue weighted by Gasteiger charge is 2.53. The Labute approximate surface area is 89.3 Å². The van der Waals surface area contributed by atoms with E-state index in [0.29, 0.717) is 5.92 Å². The van der Waals surface area contributed by atoms with Crippen molar-refractivity contribution in [3.63, 3.8) is 0 Å². The van der Waals surface area contributed by atoms with Gasteiger partial charge in [0.1, 0.15) is 5.75 Å². The molecule has 1 aliphatic rings. The normalized spacial score (nSPS) is 22.5. The van der Waals surface area contributed by atoms with Crippen molar-refractivity contribution in [2.75, 3.05) is 20.3 Å². The van der Waals surface area contributed by atoms with Gasteiger partial charge >= 0.3 is 0 Å². The lowest BCUT2D eigenvalue weighted by atomic mass is 10.0. The average Bonchev–Trinajstić information content (AvgIpc) is 3.05. The van der Waals surface area contributed by atoms with Crippen LogP contribution in [0.3, 0.4) is 0 Å². The molecule has 0 saturated heterocycles. The lowest BCUT2D eigenvalue weighted by Crippen LogP contribution is -2.14. The number of hydrogen-bond acceptors (Lipinski definition) is 3. The molecule has 2 rings (SSSR count). The molecule has 0 spiro atoms. The Morgan fingerprint density at radius 1 is 1.27 bits per heavy atom. The second-order valence-electron chi connectivity index (χ2n) is 4.21. The fourth-order valence-corrected chi connectivity index (χ4v) is 2.05. The van der Waals surface area contributed by atoms with Crippen LogP contribution in [0.5, 0.6) is 5.75 Å². The number of aliphatic hydroxyl groups excluding tert-OH is 2. The van der Waals surface area contributed by atoms with E-state index in [0.717, 1.165) is 12.2 Å². The third kappa shape index (κ3) is 1.73. The van der Waals surface area contributed by atoms with Crippen molar-refractivity contribution < 1.29 is 14.9 Å². The van der Waals surface area contributed by atoms with Crippen molar-refractivity contribution in [1.29, 1.82) is 0 Å². The molecule has 3 heteroatoms. The van der Waals surface area contributed by atoms with Crippen molar-refractivity contribution in [3.05, 3.63) is 29.8 Å². The van der Waals surface area contributed by atoms with Gasteiger partial charge in [0.15, 0.2) is 0 Å². The molecular formula is C12H16O3. The van der Waals surface area contributed by atoms with E-state index in [9.17, 15) is 10.2 Å². The minimum Gasteiger partial charge on any atom is -0.497 e. The van der Waals surface area contributed by atoms with Crippen LogP contribution < -0.4 is 4.74 Å². The summed E-state index contributed by atoms with van der Waals surface area (Å²) in [5.41, 5.74) is 0.883. The molecule has 15 heavy (non-hydrogen) atoms. The molecule has 0 unspecified atom stereocenters. The Bertz CT molecular complexity index is 327. The number of methoxy groups -OCH3 is 1. The van der Waals surface area contributed by atoms with Crippen LogP contribution in [0.4, 0.5) is 0 Å². The minimum atomic E-state index is -0.283. The summed E-state index contributed by atoms with van der Waals surface area (Å²) in [4.78, 5) is 0. The highest BCUT2D eigenvalue weighted by Crippen LogP contribution is 2.58. The summed E-state index contributed by atoms with van der Waals surface area (Å²) < 4.78 is 5.08. The van der Waals surface area contributed by atoms with Gasteiger partial charge in [-0.25, -0.2) is 0 Å². The molecule has 82 valence electrons. The number of ether oxygens (including phenoxy) is 1. The predicted molar refractivity (Wildman–Crippen MR) is 57.0 cm³/mol. The molecule has 3 nitrogen and oxygen atoms in total. The first-order valence-corrected chi connectivity index (χ1v) is 5.11. The molecule has 0 aromatic heterocycles. The van der Waals surface area contributed by atoms with Gasteiger partial charge in [-0.1, -0.05) is 12.1 Å². The van der Waals surface area contributed by atoms with Crippen LogP contribution in [0.15, 0.2) is 24.3 Å². The van der Waals surface area contributed by atoms with Gasteiger partial charge in [-0.3, -0.25) is 0 Å². The number of hydrogen-bond donors (Lipinski definition) is 2. The van der Waals surface area contributed by atoms with E-state index in [4.69, 9.17) is 4.74 Å². The van der Waals surface area contributed by atoms with Crippen molar-refractivity contribution in [2.24, 2.45) is 5.41 Å². The Hall–Kier alpha value is -1.06. The fraction of sp³-hybridized carbons (Fsp3) is 0.500. The molecule has 0 heterocycles. The van der Waals surface area contributed by atoms with Crippen LogP contribution in [0, 0.1) is 5.41 Å². The standard InChI is InChI=1S/C12H16O3/c1-15-10-4-2-9(3-5-10)11-6-12(11,7-13)8-14/h2-5,11,13-14H,6-8H2,1H3/t11-/m1/s1. The van der Waals surface area contributed by atoms with Crippen LogP contribution in [0.2, 0.25) is 0 Å². The zero-order valence-corrected chi connectivity index (χ0v) is 8.81. The van der Waals surface area contributed by atoms with E-state index in [1.165, 1.54) is 5.56 Å². The maximum Gasteiger partial charge on any atom is 0.118 e. The monoisotopic (exact) mass is 208 g/mol. The summed E-state index contributed by atoms with van der Waals surface area (Å²) in [7, 11) is 1.64. The molecule has 1 fully saturated rings. The SMILES string of the molecule is COc1ccc([C@H]2CC2(CO)CO)cc1. The topological polar surface area (TPSA) is 49.7 Å². The largest absolute Gasteiger partial charge is 0.497 e. The fourth-order valence-electron chi connectivity index (χ4n) is 2.05. The Kier molecular flexibility index (Phi) is 2.67. The van der Waals surface area contributed by atoms with E-state index in [2.05, 4.69) is 0 Å². The summed E-state index contributed by atoms with van der Waals surface area (Å²) in [6.45, 7) is 0.111. The first kappa shape index (κ1) is 10.5. The highest BCUT2D eigenvalue weighted by atomic mass is 16.5. The second-order valence-corrected chi connectivity index (χ2v) is 4.21. The molecule has 0 amide bonds. The van der Waals surface area contributed by atoms with E-state index < -0.39 is 0 Å². The maximum absolute atomic E-state index is 9.20. The molecule has 2 N–H and O–H groups in total. The molecule has 1 saturated carbocycles. The van der Waals surface area contributed by atoms with Gasteiger partial charge in [0.05, 0.1) is 20.3 Å². The van der Waals surface area contributed by atoms with Gasteiger partial charge in [0, 0.05) is 5.41 Å². The maximum atomic E-state index is 9.20. The zero-order valence-electron chi connectivity index (χ0n) is 8.81. The molecule has 1 atom stereocenters. The van der Waals surface area contributed by atoms with Crippen LogP contribution in [-0.4, -0.2) is 30.5 Å². The Morgan fingerprint density at radius 2 is 1.87 bits per heavy atom. The average molecular weight is 208 g/mol. The first-order chi connectivity index (χ1) is 7.25. The van der Waals surface area contributed by atoms with E-state index in [1.54, 1.807) is 7.11 Å². The molecule has 0 bridgehead atoms. The molecule has 1 aliphatic carbocycles. The van der Waals surface area contributed by atoms with Crippen molar-refractivity contribution >= 4 is 0 Å². The zero-order chi connectivity index (χ0) is 10.9. The Morgan fingerprint density at radius 3 is 2.27 bits per heavy atom. The van der Waals surface area contributed by atoms with Gasteiger partial charge in [0.25, 0.3) is 0 Å². The lowest BCUT2D eigenvalue weighted by Gasteiger charge is -2.10. The molecule has 1 aromatic rings. The summed E-state index contributed by atoms with van der Waals surface area (Å²) in [5.74, 6) is 1.12. The van der Waals surface area contributed by atoms with Crippen LogP contribution in [0.25, 0.3) is 0 Å². The first-order valence-electron chi connectivity index (χ1n) is 5.11. The van der Waals surface area contributed by atoms with Gasteiger partial charge in [0.2, 0.25) is 0 Å². The number of aliphatic hydroxyl groups is 2. The quantitative estimate of drug-likeness (QED) is 0.780. The van der Waals surface area contributed by atoms with Crippen LogP contribution in [-0.2, 0) is 0 Å². The lowest BCUT2D eigenvalue weighted by molar-refractivity contribution is 0.129. The van der Waals surface area contributed by atoms with Crippen LogP contribution >= 0.6 is 0 Å². The number of rotatable bonds is 4. The smallest absolute Gasteiger partial charge is 0.118 e. The van der Waals surface area contributed by atoms with Gasteiger partial charge < -0.3 is 14.9 Å². The third-order valence-corrected chi connectivity index (χ3v) is 3.34. The van der Waals surface area contributed by atoms with Crippen molar-refractivity contribution in [2.45, 2.75) is 12.3 Å². The van der Waals surface area contributed by atoms with Gasteiger partial charge in [-0.2, -0.15) is 0 Å². The van der Waals surface area contributed by atoms with Gasteiger partial charge in [-0.05, 0) is 30.0 Å². The summed E-state index contributed by atoms with van der Waals surface area (Å²) in [5, 5.41) is 18.4. The summed E-state index contributed by atoms with van der Waals surface area (Å²) >= 11 is 0. The van der Waals surface area contributed by atoms with E-state index >= 15 is 0 Å². The third-order valence-electron chi connectivity index (χ3n) is 3.34. The minimum absolute atomic E-state index is 0.0557. The van der Waals surface area contributed by atoms with E-state index in [1.807, 2.05) is 24.3 Å². The molecule has 0 aliphatic heterocycles. The highest BCUT2D eigenvalue weighted by molar-refractivity contribution is 5.34. The number of benzene rings is 1. The molecule has 0 radical (unpaired) electrons. The van der Waals surface area contributed by atoms with Crippen LogP contribution in [0.1, 0.15) is 17.9 Å².